The van der Waals surface area contributed by atoms with Crippen LogP contribution in [-0.4, -0.2) is 20.1 Å². The molecular weight excluding hydrogens is 226 g/mol. The van der Waals surface area contributed by atoms with Crippen molar-refractivity contribution in [1.29, 1.82) is 0 Å². The van der Waals surface area contributed by atoms with E-state index in [1.54, 1.807) is 0 Å². The number of benzene rings is 1. The number of carbonyl (C=O) groups excluding carboxylic acids is 1. The van der Waals surface area contributed by atoms with E-state index in [0.717, 1.165) is 0 Å². The van der Waals surface area contributed by atoms with E-state index in [1.165, 1.54) is 29.4 Å². The van der Waals surface area contributed by atoms with Crippen molar-refractivity contribution in [2.75, 3.05) is 14.2 Å². The van der Waals surface area contributed by atoms with Crippen molar-refractivity contribution in [3.05, 3.63) is 34.4 Å². The molecule has 0 spiro atoms. The van der Waals surface area contributed by atoms with Gasteiger partial charge in [0.1, 0.15) is 0 Å². The first-order valence-electron chi connectivity index (χ1n) is 6.18. The number of hydrogen-bond donors (Lipinski definition) is 1. The molecule has 100 valence electrons. The molecule has 0 saturated carbocycles. The van der Waals surface area contributed by atoms with Crippen LogP contribution < -0.4 is 5.32 Å². The Morgan fingerprint density at radius 1 is 1.28 bits per heavy atom. The molecule has 1 rings (SSSR count). The fourth-order valence-electron chi connectivity index (χ4n) is 2.71. The fraction of sp³-hybridized carbons (Fsp3) is 0.533. The summed E-state index contributed by atoms with van der Waals surface area (Å²) in [5.41, 5.74) is 4.43. The molecule has 0 aliphatic rings. The molecule has 0 bridgehead atoms. The van der Waals surface area contributed by atoms with Crippen LogP contribution in [0.15, 0.2) is 12.1 Å². The lowest BCUT2D eigenvalue weighted by Crippen LogP contribution is -2.40. The normalized spacial score (nSPS) is 14.1. The second-order valence-electron chi connectivity index (χ2n) is 5.11. The number of esters is 1. The lowest BCUT2D eigenvalue weighted by molar-refractivity contribution is -0.142. The van der Waals surface area contributed by atoms with Crippen molar-refractivity contribution in [1.82, 2.24) is 5.32 Å². The molecular formula is C15H23NO2. The zero-order valence-electron chi connectivity index (χ0n) is 12.2. The summed E-state index contributed by atoms with van der Waals surface area (Å²) in [5.74, 6) is -0.203. The minimum absolute atomic E-state index is 0.203. The average Bonchev–Trinajstić information content (AvgIpc) is 2.27. The van der Waals surface area contributed by atoms with Crippen molar-refractivity contribution < 1.29 is 9.53 Å². The van der Waals surface area contributed by atoms with Gasteiger partial charge in [-0.25, -0.2) is 0 Å². The maximum absolute atomic E-state index is 11.6. The second kappa shape index (κ2) is 5.53. The molecule has 0 heterocycles. The van der Waals surface area contributed by atoms with E-state index in [0.29, 0.717) is 6.42 Å². The summed E-state index contributed by atoms with van der Waals surface area (Å²) in [5, 5.41) is 3.26. The molecule has 0 saturated heterocycles. The summed E-state index contributed by atoms with van der Waals surface area (Å²) in [4.78, 5) is 11.6. The molecule has 0 aliphatic carbocycles. The molecule has 3 heteroatoms. The Bertz CT molecular complexity index is 431. The largest absolute Gasteiger partial charge is 0.469 e. The maximum atomic E-state index is 11.6. The SMILES string of the molecule is CNC(C)(CC(=O)OC)c1c(C)cc(C)cc1C. The lowest BCUT2D eigenvalue weighted by Gasteiger charge is -2.32. The van der Waals surface area contributed by atoms with Gasteiger partial charge < -0.3 is 10.1 Å². The van der Waals surface area contributed by atoms with Gasteiger partial charge in [0.05, 0.1) is 19.1 Å². The Kier molecular flexibility index (Phi) is 4.52. The molecule has 18 heavy (non-hydrogen) atoms. The predicted molar refractivity (Wildman–Crippen MR) is 73.7 cm³/mol. The van der Waals surface area contributed by atoms with E-state index >= 15 is 0 Å². The van der Waals surface area contributed by atoms with E-state index in [-0.39, 0.29) is 5.97 Å². The van der Waals surface area contributed by atoms with Gasteiger partial charge in [0.2, 0.25) is 0 Å². The van der Waals surface area contributed by atoms with Crippen LogP contribution in [0.2, 0.25) is 0 Å². The smallest absolute Gasteiger partial charge is 0.307 e. The zero-order valence-corrected chi connectivity index (χ0v) is 12.2. The molecule has 0 fully saturated rings. The average molecular weight is 249 g/mol. The number of ether oxygens (including phenoxy) is 1. The van der Waals surface area contributed by atoms with Gasteiger partial charge in [-0.1, -0.05) is 17.7 Å². The number of hydrogen-bond acceptors (Lipinski definition) is 3. The minimum atomic E-state index is -0.394. The van der Waals surface area contributed by atoms with E-state index in [9.17, 15) is 4.79 Å². The van der Waals surface area contributed by atoms with Gasteiger partial charge in [-0.15, -0.1) is 0 Å². The summed E-state index contributed by atoms with van der Waals surface area (Å²) in [7, 11) is 3.30. The highest BCUT2D eigenvalue weighted by atomic mass is 16.5. The summed E-state index contributed by atoms with van der Waals surface area (Å²) >= 11 is 0. The molecule has 0 radical (unpaired) electrons. The van der Waals surface area contributed by atoms with E-state index < -0.39 is 5.54 Å². The van der Waals surface area contributed by atoms with Crippen molar-refractivity contribution in [2.45, 2.75) is 39.7 Å². The Labute approximate surface area is 110 Å². The quantitative estimate of drug-likeness (QED) is 0.834. The zero-order chi connectivity index (χ0) is 13.9. The van der Waals surface area contributed by atoms with Gasteiger partial charge in [0.25, 0.3) is 0 Å². The van der Waals surface area contributed by atoms with Crippen LogP contribution in [0.4, 0.5) is 0 Å². The molecule has 1 N–H and O–H groups in total. The minimum Gasteiger partial charge on any atom is -0.469 e. The highest BCUT2D eigenvalue weighted by Gasteiger charge is 2.31. The topological polar surface area (TPSA) is 38.3 Å². The van der Waals surface area contributed by atoms with Gasteiger partial charge in [-0.05, 0) is 51.4 Å². The predicted octanol–water partition coefficient (Wildman–Crippen LogP) is 2.61. The highest BCUT2D eigenvalue weighted by Crippen LogP contribution is 2.31. The number of carbonyl (C=O) groups is 1. The van der Waals surface area contributed by atoms with Crippen molar-refractivity contribution in [2.24, 2.45) is 0 Å². The number of methoxy groups -OCH3 is 1. The molecule has 1 atom stereocenters. The molecule has 1 aromatic carbocycles. The Morgan fingerprint density at radius 3 is 2.17 bits per heavy atom. The fourth-order valence-corrected chi connectivity index (χ4v) is 2.71. The van der Waals surface area contributed by atoms with Gasteiger partial charge >= 0.3 is 5.97 Å². The van der Waals surface area contributed by atoms with E-state index in [4.69, 9.17) is 4.74 Å². The van der Waals surface area contributed by atoms with Crippen molar-refractivity contribution in [3.63, 3.8) is 0 Å². The lowest BCUT2D eigenvalue weighted by atomic mass is 9.82. The first kappa shape index (κ1) is 14.7. The van der Waals surface area contributed by atoms with Crippen molar-refractivity contribution in [3.8, 4) is 0 Å². The van der Waals surface area contributed by atoms with Gasteiger partial charge in [-0.3, -0.25) is 4.79 Å². The van der Waals surface area contributed by atoms with Crippen LogP contribution in [0.25, 0.3) is 0 Å². The number of aryl methyl sites for hydroxylation is 3. The number of rotatable bonds is 4. The summed E-state index contributed by atoms with van der Waals surface area (Å²) in [6.45, 7) is 8.29. The molecule has 0 aromatic heterocycles. The van der Waals surface area contributed by atoms with Crippen LogP contribution in [-0.2, 0) is 15.1 Å². The molecule has 1 unspecified atom stereocenters. The third kappa shape index (κ3) is 2.91. The molecule has 1 aromatic rings. The Morgan fingerprint density at radius 2 is 1.78 bits per heavy atom. The monoisotopic (exact) mass is 249 g/mol. The van der Waals surface area contributed by atoms with Crippen LogP contribution >= 0.6 is 0 Å². The highest BCUT2D eigenvalue weighted by molar-refractivity contribution is 5.71. The maximum Gasteiger partial charge on any atom is 0.307 e. The van der Waals surface area contributed by atoms with Crippen LogP contribution in [0.5, 0.6) is 0 Å². The second-order valence-corrected chi connectivity index (χ2v) is 5.11. The Balaban J connectivity index is 3.27. The summed E-state index contributed by atoms with van der Waals surface area (Å²) < 4.78 is 4.79. The van der Waals surface area contributed by atoms with Crippen LogP contribution in [0.1, 0.15) is 35.6 Å². The van der Waals surface area contributed by atoms with E-state index in [1.807, 2.05) is 14.0 Å². The van der Waals surface area contributed by atoms with Gasteiger partial charge in [0, 0.05) is 0 Å². The molecule has 0 aliphatic heterocycles. The first-order chi connectivity index (χ1) is 8.34. The van der Waals surface area contributed by atoms with Gasteiger partial charge in [0.15, 0.2) is 0 Å². The van der Waals surface area contributed by atoms with Crippen LogP contribution in [0.3, 0.4) is 0 Å². The van der Waals surface area contributed by atoms with E-state index in [2.05, 4.69) is 38.2 Å². The Hall–Kier alpha value is -1.35. The summed E-state index contributed by atoms with van der Waals surface area (Å²) in [6.07, 6.45) is 0.324. The summed E-state index contributed by atoms with van der Waals surface area (Å²) in [6, 6.07) is 4.30. The van der Waals surface area contributed by atoms with Crippen molar-refractivity contribution >= 4 is 5.97 Å². The first-order valence-corrected chi connectivity index (χ1v) is 6.18. The number of nitrogens with one attached hydrogen (secondary N) is 1. The molecule has 3 nitrogen and oxygen atoms in total. The molecule has 0 amide bonds. The third-order valence-electron chi connectivity index (χ3n) is 3.51. The van der Waals surface area contributed by atoms with Gasteiger partial charge in [-0.2, -0.15) is 0 Å². The standard InChI is InChI=1S/C15H23NO2/c1-10-7-11(2)14(12(3)8-10)15(4,16-5)9-13(17)18-6/h7-8,16H,9H2,1-6H3. The van der Waals surface area contributed by atoms with Crippen LogP contribution in [0, 0.1) is 20.8 Å². The third-order valence-corrected chi connectivity index (χ3v) is 3.51.